The van der Waals surface area contributed by atoms with Gasteiger partial charge in [-0.3, -0.25) is 9.10 Å². The molecular weight excluding hydrogens is 449 g/mol. The normalized spacial score (nSPS) is 14.6. The van der Waals surface area contributed by atoms with Gasteiger partial charge in [-0.15, -0.1) is 0 Å². The Morgan fingerprint density at radius 1 is 1.18 bits per heavy atom. The molecule has 0 atom stereocenters. The van der Waals surface area contributed by atoms with E-state index >= 15 is 0 Å². The number of piperidine rings is 1. The van der Waals surface area contributed by atoms with Crippen LogP contribution in [0.4, 0.5) is 21.6 Å². The lowest BCUT2D eigenvalue weighted by Crippen LogP contribution is -2.27. The molecule has 1 amide bonds. The Balaban J connectivity index is 1.42. The molecule has 0 spiro atoms. The Morgan fingerprint density at radius 2 is 1.91 bits per heavy atom. The average Bonchev–Trinajstić information content (AvgIpc) is 2.85. The number of rotatable bonds is 9. The number of carbonyl (C=O) groups is 1. The molecule has 6 nitrogen and oxygen atoms in total. The van der Waals surface area contributed by atoms with Crippen LogP contribution in [0.15, 0.2) is 60.8 Å². The molecule has 1 saturated heterocycles. The Kier molecular flexibility index (Phi) is 8.03. The Labute approximate surface area is 204 Å². The largest absolute Gasteiger partial charge is 0.380 e. The molecule has 0 aliphatic carbocycles. The Morgan fingerprint density at radius 3 is 2.59 bits per heavy atom. The number of nitrogens with one attached hydrogen (secondary N) is 2. The molecule has 8 heteroatoms. The monoisotopic (exact) mass is 479 g/mol. The molecular formula is C26H30FN5OS. The van der Waals surface area contributed by atoms with Crippen LogP contribution >= 0.6 is 11.9 Å². The van der Waals surface area contributed by atoms with E-state index in [1.165, 1.54) is 30.7 Å². The van der Waals surface area contributed by atoms with Crippen LogP contribution in [-0.2, 0) is 6.54 Å². The van der Waals surface area contributed by atoms with Crippen LogP contribution in [0.1, 0.15) is 47.2 Å². The minimum absolute atomic E-state index is 0.223. The summed E-state index contributed by atoms with van der Waals surface area (Å²) < 4.78 is 16.4. The van der Waals surface area contributed by atoms with Crippen molar-refractivity contribution in [3.63, 3.8) is 0 Å². The quantitative estimate of drug-likeness (QED) is 0.351. The zero-order chi connectivity index (χ0) is 23.9. The number of anilines is 3. The van der Waals surface area contributed by atoms with Crippen molar-refractivity contribution in [1.29, 1.82) is 0 Å². The van der Waals surface area contributed by atoms with Crippen molar-refractivity contribution in [2.24, 2.45) is 5.73 Å². The maximum absolute atomic E-state index is 14.0. The first-order valence-corrected chi connectivity index (χ1v) is 12.5. The summed E-state index contributed by atoms with van der Waals surface area (Å²) in [6.07, 6.45) is 3.78. The van der Waals surface area contributed by atoms with Crippen molar-refractivity contribution in [2.75, 3.05) is 29.5 Å². The SMILES string of the molecule is CCSN1CCC(c2ccc(Nc3cc(NCc4ccccc4F)c(C(N)=O)cn3)cc2)CC1. The van der Waals surface area contributed by atoms with Crippen molar-refractivity contribution < 1.29 is 9.18 Å². The maximum Gasteiger partial charge on any atom is 0.252 e. The summed E-state index contributed by atoms with van der Waals surface area (Å²) in [6.45, 7) is 4.67. The summed E-state index contributed by atoms with van der Waals surface area (Å²) in [5.74, 6) is 1.38. The molecule has 1 aromatic heterocycles. The Bertz CT molecular complexity index is 1120. The molecule has 2 aromatic carbocycles. The third kappa shape index (κ3) is 6.07. The predicted octanol–water partition coefficient (Wildman–Crippen LogP) is 5.52. The first-order valence-electron chi connectivity index (χ1n) is 11.6. The molecule has 1 fully saturated rings. The van der Waals surface area contributed by atoms with Gasteiger partial charge in [0, 0.05) is 48.9 Å². The standard InChI is InChI=1S/C26H30FN5OS/c1-2-34-32-13-11-19(12-14-32)18-7-9-21(10-8-18)31-25-15-24(22(17-30-25)26(28)33)29-16-20-5-3-4-6-23(20)27/h3-10,15,17,19H,2,11-14,16H2,1H3,(H2,28,33)(H2,29,30,31). The number of nitrogens with two attached hydrogens (primary N) is 1. The second-order valence-corrected chi connectivity index (χ2v) is 9.64. The van der Waals surface area contributed by atoms with Gasteiger partial charge in [0.2, 0.25) is 0 Å². The molecule has 4 N–H and O–H groups in total. The molecule has 0 unspecified atom stereocenters. The van der Waals surface area contributed by atoms with E-state index in [0.717, 1.165) is 24.5 Å². The number of hydrogen-bond donors (Lipinski definition) is 3. The summed E-state index contributed by atoms with van der Waals surface area (Å²) in [6, 6.07) is 16.7. The van der Waals surface area contributed by atoms with Gasteiger partial charge in [-0.05, 0) is 42.5 Å². The highest BCUT2D eigenvalue weighted by Crippen LogP contribution is 2.31. The second-order valence-electron chi connectivity index (χ2n) is 8.29. The van der Waals surface area contributed by atoms with Gasteiger partial charge in [0.15, 0.2) is 0 Å². The third-order valence-corrected chi connectivity index (χ3v) is 7.01. The van der Waals surface area contributed by atoms with Gasteiger partial charge in [-0.25, -0.2) is 9.37 Å². The summed E-state index contributed by atoms with van der Waals surface area (Å²) in [5.41, 5.74) is 9.03. The van der Waals surface area contributed by atoms with Crippen LogP contribution in [0.5, 0.6) is 0 Å². The van der Waals surface area contributed by atoms with Gasteiger partial charge in [-0.1, -0.05) is 49.2 Å². The summed E-state index contributed by atoms with van der Waals surface area (Å²) in [5, 5.41) is 6.40. The van der Waals surface area contributed by atoms with Crippen molar-refractivity contribution in [1.82, 2.24) is 9.29 Å². The van der Waals surface area contributed by atoms with Crippen molar-refractivity contribution in [2.45, 2.75) is 32.2 Å². The lowest BCUT2D eigenvalue weighted by Gasteiger charge is -2.31. The molecule has 0 saturated carbocycles. The zero-order valence-electron chi connectivity index (χ0n) is 19.3. The van der Waals surface area contributed by atoms with E-state index in [2.05, 4.69) is 51.1 Å². The van der Waals surface area contributed by atoms with Gasteiger partial charge in [0.05, 0.1) is 11.3 Å². The van der Waals surface area contributed by atoms with Gasteiger partial charge < -0.3 is 16.4 Å². The molecule has 1 aliphatic heterocycles. The molecule has 178 valence electrons. The summed E-state index contributed by atoms with van der Waals surface area (Å²) >= 11 is 1.92. The molecule has 0 bridgehead atoms. The van der Waals surface area contributed by atoms with Crippen LogP contribution in [0.2, 0.25) is 0 Å². The van der Waals surface area contributed by atoms with Gasteiger partial charge >= 0.3 is 0 Å². The topological polar surface area (TPSA) is 83.3 Å². The fourth-order valence-corrected chi connectivity index (χ4v) is 5.02. The lowest BCUT2D eigenvalue weighted by molar-refractivity contribution is 0.100. The summed E-state index contributed by atoms with van der Waals surface area (Å²) in [4.78, 5) is 16.2. The third-order valence-electron chi connectivity index (χ3n) is 6.02. The van der Waals surface area contributed by atoms with E-state index in [1.807, 2.05) is 11.9 Å². The number of primary amides is 1. The fourth-order valence-electron chi connectivity index (χ4n) is 4.19. The maximum atomic E-state index is 14.0. The fraction of sp³-hybridized carbons (Fsp3) is 0.308. The lowest BCUT2D eigenvalue weighted by atomic mass is 9.90. The zero-order valence-corrected chi connectivity index (χ0v) is 20.1. The molecule has 4 rings (SSSR count). The number of carbonyl (C=O) groups excluding carboxylic acids is 1. The predicted molar refractivity (Wildman–Crippen MR) is 138 cm³/mol. The van der Waals surface area contributed by atoms with Crippen LogP contribution in [0.3, 0.4) is 0 Å². The number of aromatic nitrogens is 1. The van der Waals surface area contributed by atoms with Crippen LogP contribution in [0, 0.1) is 5.82 Å². The van der Waals surface area contributed by atoms with Crippen molar-refractivity contribution in [3.8, 4) is 0 Å². The number of amides is 1. The average molecular weight is 480 g/mol. The Hall–Kier alpha value is -3.10. The van der Waals surface area contributed by atoms with Gasteiger partial charge in [0.25, 0.3) is 5.91 Å². The van der Waals surface area contributed by atoms with Crippen LogP contribution in [-0.4, -0.2) is 34.0 Å². The molecule has 2 heterocycles. The van der Waals surface area contributed by atoms with Gasteiger partial charge in [-0.2, -0.15) is 0 Å². The van der Waals surface area contributed by atoms with E-state index in [0.29, 0.717) is 23.0 Å². The minimum atomic E-state index is -0.595. The van der Waals surface area contributed by atoms with E-state index in [9.17, 15) is 9.18 Å². The summed E-state index contributed by atoms with van der Waals surface area (Å²) in [7, 11) is 0. The van der Waals surface area contributed by atoms with Crippen molar-refractivity contribution >= 4 is 35.0 Å². The molecule has 0 radical (unpaired) electrons. The highest BCUT2D eigenvalue weighted by Gasteiger charge is 2.20. The first kappa shape index (κ1) is 24.0. The minimum Gasteiger partial charge on any atom is -0.380 e. The molecule has 3 aromatic rings. The van der Waals surface area contributed by atoms with E-state index < -0.39 is 5.91 Å². The number of hydrogen-bond acceptors (Lipinski definition) is 6. The first-order chi connectivity index (χ1) is 16.5. The van der Waals surface area contributed by atoms with E-state index in [-0.39, 0.29) is 17.9 Å². The number of nitrogens with zero attached hydrogens (tertiary/aromatic N) is 2. The van der Waals surface area contributed by atoms with Crippen molar-refractivity contribution in [3.05, 3.63) is 83.3 Å². The number of pyridine rings is 1. The smallest absolute Gasteiger partial charge is 0.252 e. The van der Waals surface area contributed by atoms with Crippen LogP contribution < -0.4 is 16.4 Å². The molecule has 34 heavy (non-hydrogen) atoms. The highest BCUT2D eigenvalue weighted by molar-refractivity contribution is 7.96. The van der Waals surface area contributed by atoms with Gasteiger partial charge in [0.1, 0.15) is 11.6 Å². The highest BCUT2D eigenvalue weighted by atomic mass is 32.2. The number of benzene rings is 2. The molecule has 1 aliphatic rings. The van der Waals surface area contributed by atoms with Crippen LogP contribution in [0.25, 0.3) is 0 Å². The van der Waals surface area contributed by atoms with E-state index in [4.69, 9.17) is 5.73 Å². The van der Waals surface area contributed by atoms with E-state index in [1.54, 1.807) is 24.3 Å². The number of halogens is 1. The second kappa shape index (κ2) is 11.4.